The van der Waals surface area contributed by atoms with Gasteiger partial charge >= 0.3 is 17.9 Å². The first-order valence-corrected chi connectivity index (χ1v) is 10.8. The van der Waals surface area contributed by atoms with E-state index >= 15 is 0 Å². The highest BCUT2D eigenvalue weighted by Gasteiger charge is 2.34. The topological polar surface area (TPSA) is 124 Å². The van der Waals surface area contributed by atoms with Crippen LogP contribution in [0.3, 0.4) is 0 Å². The second-order valence-corrected chi connectivity index (χ2v) is 7.92. The van der Waals surface area contributed by atoms with E-state index in [-0.39, 0.29) is 50.8 Å². The number of ether oxygens (including phenoxy) is 6. The molecular weight excluding hydrogens is 436 g/mol. The minimum Gasteiger partial charge on any atom is -0.462 e. The van der Waals surface area contributed by atoms with E-state index in [0.717, 1.165) is 0 Å². The number of carbonyl (C=O) groups excluding carboxylic acids is 4. The monoisotopic (exact) mass is 474 g/mol. The Morgan fingerprint density at radius 3 is 1.91 bits per heavy atom. The number of ketones is 1. The molecule has 1 atom stereocenters. The number of methoxy groups -OCH3 is 3. The zero-order valence-electron chi connectivity index (χ0n) is 20.6. The molecule has 0 saturated heterocycles. The molecule has 0 radical (unpaired) electrons. The fourth-order valence-corrected chi connectivity index (χ4v) is 3.01. The van der Waals surface area contributed by atoms with Crippen molar-refractivity contribution in [2.24, 2.45) is 5.41 Å². The zero-order valence-corrected chi connectivity index (χ0v) is 20.6. The van der Waals surface area contributed by atoms with Gasteiger partial charge in [0.05, 0.1) is 31.8 Å². The number of hydrogen-bond acceptors (Lipinski definition) is 10. The Morgan fingerprint density at radius 1 is 0.818 bits per heavy atom. The second kappa shape index (κ2) is 17.2. The molecule has 0 N–H and O–H groups in total. The predicted molar refractivity (Wildman–Crippen MR) is 118 cm³/mol. The lowest BCUT2D eigenvalue weighted by atomic mass is 9.92. The van der Waals surface area contributed by atoms with E-state index < -0.39 is 29.4 Å². The Kier molecular flexibility index (Phi) is 16.0. The summed E-state index contributed by atoms with van der Waals surface area (Å²) in [7, 11) is 4.59. The Balaban J connectivity index is 4.26. The normalized spacial score (nSPS) is 12.7. The first kappa shape index (κ1) is 30.7. The first-order valence-electron chi connectivity index (χ1n) is 10.8. The third kappa shape index (κ3) is 13.8. The van der Waals surface area contributed by atoms with Gasteiger partial charge in [-0.3, -0.25) is 9.59 Å². The summed E-state index contributed by atoms with van der Waals surface area (Å²) in [6.45, 7) is 5.27. The van der Waals surface area contributed by atoms with Crippen molar-refractivity contribution in [3.05, 3.63) is 11.6 Å². The molecular formula is C23H38O10. The summed E-state index contributed by atoms with van der Waals surface area (Å²) in [6.07, 6.45) is 1.99. The van der Waals surface area contributed by atoms with Crippen LogP contribution in [-0.4, -0.2) is 84.2 Å². The van der Waals surface area contributed by atoms with Gasteiger partial charge in [0.1, 0.15) is 6.61 Å². The van der Waals surface area contributed by atoms with Gasteiger partial charge in [0, 0.05) is 33.3 Å². The molecule has 0 aromatic rings. The fourth-order valence-electron chi connectivity index (χ4n) is 3.01. The Bertz CT molecular complexity index is 639. The van der Waals surface area contributed by atoms with Crippen LogP contribution in [0.15, 0.2) is 11.6 Å². The van der Waals surface area contributed by atoms with E-state index in [1.165, 1.54) is 48.2 Å². The zero-order chi connectivity index (χ0) is 25.3. The standard InChI is InChI=1S/C23H38O10/c1-17(12-18(2)24)21(26)31-11-9-7-8-10-20(25)33-19(3)22(27)32-16-23(13-28-4,14-29-5)15-30-6/h12,19H,7-11,13-16H2,1-6H3. The van der Waals surface area contributed by atoms with Gasteiger partial charge in [-0.15, -0.1) is 0 Å². The SMILES string of the molecule is COCC(COC)(COC)COC(=O)C(C)OC(=O)CCCCCOC(=O)C(C)=CC(C)=O. The minimum absolute atomic E-state index is 0.0109. The molecule has 0 spiro atoms. The molecule has 0 aromatic carbocycles. The van der Waals surface area contributed by atoms with Crippen LogP contribution in [0, 0.1) is 5.41 Å². The van der Waals surface area contributed by atoms with Crippen LogP contribution in [0.1, 0.15) is 46.5 Å². The maximum Gasteiger partial charge on any atom is 0.347 e. The lowest BCUT2D eigenvalue weighted by molar-refractivity contribution is -0.172. The summed E-state index contributed by atoms with van der Waals surface area (Å²) in [4.78, 5) is 46.8. The van der Waals surface area contributed by atoms with Crippen molar-refractivity contribution in [1.29, 1.82) is 0 Å². The molecule has 0 aliphatic carbocycles. The van der Waals surface area contributed by atoms with Crippen LogP contribution in [0.25, 0.3) is 0 Å². The number of rotatable bonds is 18. The molecule has 0 aliphatic rings. The highest BCUT2D eigenvalue weighted by molar-refractivity contribution is 5.97. The van der Waals surface area contributed by atoms with E-state index in [0.29, 0.717) is 19.3 Å². The number of carbonyl (C=O) groups is 4. The van der Waals surface area contributed by atoms with Crippen LogP contribution in [-0.2, 0) is 47.6 Å². The number of hydrogen-bond donors (Lipinski definition) is 0. The summed E-state index contributed by atoms with van der Waals surface area (Å²) >= 11 is 0. The molecule has 0 aliphatic heterocycles. The molecule has 0 aromatic heterocycles. The van der Waals surface area contributed by atoms with Crippen molar-refractivity contribution >= 4 is 23.7 Å². The lowest BCUT2D eigenvalue weighted by Gasteiger charge is -2.31. The molecule has 1 unspecified atom stereocenters. The molecule has 0 bridgehead atoms. The van der Waals surface area contributed by atoms with E-state index in [1.807, 2.05) is 0 Å². The van der Waals surface area contributed by atoms with Crippen molar-refractivity contribution in [3.63, 3.8) is 0 Å². The van der Waals surface area contributed by atoms with Crippen molar-refractivity contribution in [1.82, 2.24) is 0 Å². The van der Waals surface area contributed by atoms with E-state index in [2.05, 4.69) is 0 Å². The first-order chi connectivity index (χ1) is 15.6. The van der Waals surface area contributed by atoms with Crippen LogP contribution in [0.2, 0.25) is 0 Å². The number of allylic oxidation sites excluding steroid dienone is 1. The molecule has 0 heterocycles. The summed E-state index contributed by atoms with van der Waals surface area (Å²) < 4.78 is 31.1. The van der Waals surface area contributed by atoms with Gasteiger partial charge in [0.15, 0.2) is 11.9 Å². The lowest BCUT2D eigenvalue weighted by Crippen LogP contribution is -2.42. The van der Waals surface area contributed by atoms with Crippen molar-refractivity contribution in [2.45, 2.75) is 52.6 Å². The van der Waals surface area contributed by atoms with Gasteiger partial charge in [-0.2, -0.15) is 0 Å². The van der Waals surface area contributed by atoms with Crippen molar-refractivity contribution < 1.29 is 47.6 Å². The fraction of sp³-hybridized carbons (Fsp3) is 0.739. The molecule has 10 heteroatoms. The Hall–Kier alpha value is -2.30. The molecule has 0 saturated carbocycles. The number of esters is 3. The quantitative estimate of drug-likeness (QED) is 0.126. The highest BCUT2D eigenvalue weighted by atomic mass is 16.6. The van der Waals surface area contributed by atoms with Crippen LogP contribution in [0.5, 0.6) is 0 Å². The largest absolute Gasteiger partial charge is 0.462 e. The van der Waals surface area contributed by atoms with Crippen LogP contribution >= 0.6 is 0 Å². The van der Waals surface area contributed by atoms with Crippen LogP contribution in [0.4, 0.5) is 0 Å². The third-order valence-electron chi connectivity index (χ3n) is 4.51. The van der Waals surface area contributed by atoms with Gasteiger partial charge < -0.3 is 28.4 Å². The van der Waals surface area contributed by atoms with Crippen LogP contribution < -0.4 is 0 Å². The maximum absolute atomic E-state index is 12.2. The molecule has 0 fully saturated rings. The average molecular weight is 475 g/mol. The van der Waals surface area contributed by atoms with Gasteiger partial charge in [-0.25, -0.2) is 9.59 Å². The molecule has 0 amide bonds. The second-order valence-electron chi connectivity index (χ2n) is 7.92. The minimum atomic E-state index is -1.06. The van der Waals surface area contributed by atoms with Gasteiger partial charge in [-0.05, 0) is 46.1 Å². The van der Waals surface area contributed by atoms with E-state index in [9.17, 15) is 19.2 Å². The molecule has 0 rings (SSSR count). The Morgan fingerprint density at radius 2 is 1.39 bits per heavy atom. The predicted octanol–water partition coefficient (Wildman–Crippen LogP) is 2.03. The molecule has 10 nitrogen and oxygen atoms in total. The van der Waals surface area contributed by atoms with Gasteiger partial charge in [-0.1, -0.05) is 0 Å². The summed E-state index contributed by atoms with van der Waals surface area (Å²) in [5, 5.41) is 0. The number of unbranched alkanes of at least 4 members (excludes halogenated alkanes) is 2. The van der Waals surface area contributed by atoms with Gasteiger partial charge in [0.25, 0.3) is 0 Å². The molecule has 190 valence electrons. The van der Waals surface area contributed by atoms with Crippen molar-refractivity contribution in [3.8, 4) is 0 Å². The Labute approximate surface area is 195 Å². The molecule has 33 heavy (non-hydrogen) atoms. The van der Waals surface area contributed by atoms with E-state index in [4.69, 9.17) is 28.4 Å². The summed E-state index contributed by atoms with van der Waals surface area (Å²) in [5.41, 5.74) is -0.419. The average Bonchev–Trinajstić information content (AvgIpc) is 2.74. The van der Waals surface area contributed by atoms with Gasteiger partial charge in [0.2, 0.25) is 0 Å². The summed E-state index contributed by atoms with van der Waals surface area (Å²) in [6, 6.07) is 0. The van der Waals surface area contributed by atoms with E-state index in [1.54, 1.807) is 0 Å². The maximum atomic E-state index is 12.2. The smallest absolute Gasteiger partial charge is 0.347 e. The third-order valence-corrected chi connectivity index (χ3v) is 4.51. The van der Waals surface area contributed by atoms with Crippen molar-refractivity contribution in [2.75, 3.05) is 54.4 Å². The highest BCUT2D eigenvalue weighted by Crippen LogP contribution is 2.20. The summed E-state index contributed by atoms with van der Waals surface area (Å²) in [5.74, 6) is -1.95.